The van der Waals surface area contributed by atoms with Crippen LogP contribution in [-0.4, -0.2) is 16.1 Å². The van der Waals surface area contributed by atoms with Gasteiger partial charge in [-0.25, -0.2) is 18.6 Å². The number of carboxylic acid groups (broad SMARTS) is 1. The number of aromatic carboxylic acids is 1. The number of hydrogen-bond acceptors (Lipinski definition) is 3. The van der Waals surface area contributed by atoms with Crippen molar-refractivity contribution < 1.29 is 18.7 Å². The summed E-state index contributed by atoms with van der Waals surface area (Å²) in [6.45, 7) is 4.76. The molecule has 2 N–H and O–H groups in total. The highest BCUT2D eigenvalue weighted by Crippen LogP contribution is 2.26. The zero-order valence-corrected chi connectivity index (χ0v) is 11.8. The molecule has 1 aromatic carbocycles. The number of nitrogens with one attached hydrogen (secondary N) is 1. The number of pyridine rings is 1. The molecule has 2 aromatic rings. The SMILES string of the molecule is Cc1cc(C)c(C(=O)O)c(Nc2cc(F)c(C)cc2F)n1. The smallest absolute Gasteiger partial charge is 0.339 e. The van der Waals surface area contributed by atoms with Crippen LogP contribution in [0.4, 0.5) is 20.3 Å². The van der Waals surface area contributed by atoms with Crippen LogP contribution >= 0.6 is 0 Å². The molecule has 0 amide bonds. The Bertz CT molecular complexity index is 730. The Labute approximate surface area is 120 Å². The van der Waals surface area contributed by atoms with Gasteiger partial charge in [0, 0.05) is 11.8 Å². The topological polar surface area (TPSA) is 62.2 Å². The van der Waals surface area contributed by atoms with Gasteiger partial charge in [-0.1, -0.05) is 0 Å². The van der Waals surface area contributed by atoms with Gasteiger partial charge in [0.1, 0.15) is 23.0 Å². The number of carboxylic acids is 1. The summed E-state index contributed by atoms with van der Waals surface area (Å²) in [5, 5.41) is 11.8. The van der Waals surface area contributed by atoms with Gasteiger partial charge in [-0.05, 0) is 44.0 Å². The summed E-state index contributed by atoms with van der Waals surface area (Å²) < 4.78 is 27.4. The van der Waals surface area contributed by atoms with Crippen LogP contribution in [0.2, 0.25) is 0 Å². The normalized spacial score (nSPS) is 10.5. The van der Waals surface area contributed by atoms with Crippen molar-refractivity contribution in [3.8, 4) is 0 Å². The molecule has 0 radical (unpaired) electrons. The molecular weight excluding hydrogens is 278 g/mol. The number of rotatable bonds is 3. The highest BCUT2D eigenvalue weighted by molar-refractivity contribution is 5.95. The van der Waals surface area contributed by atoms with Crippen molar-refractivity contribution in [2.24, 2.45) is 0 Å². The Morgan fingerprint density at radius 2 is 1.76 bits per heavy atom. The molecule has 0 aliphatic carbocycles. The zero-order chi connectivity index (χ0) is 15.7. The second-order valence-electron chi connectivity index (χ2n) is 4.82. The second kappa shape index (κ2) is 5.47. The number of hydrogen-bond donors (Lipinski definition) is 2. The molecule has 0 bridgehead atoms. The summed E-state index contributed by atoms with van der Waals surface area (Å²) in [6, 6.07) is 3.64. The zero-order valence-electron chi connectivity index (χ0n) is 11.8. The lowest BCUT2D eigenvalue weighted by atomic mass is 10.1. The Morgan fingerprint density at radius 3 is 2.38 bits per heavy atom. The van der Waals surface area contributed by atoms with Gasteiger partial charge in [-0.15, -0.1) is 0 Å². The summed E-state index contributed by atoms with van der Waals surface area (Å²) in [5.41, 5.74) is 1.02. The van der Waals surface area contributed by atoms with Crippen molar-refractivity contribution >= 4 is 17.5 Å². The van der Waals surface area contributed by atoms with E-state index in [1.54, 1.807) is 19.9 Å². The summed E-state index contributed by atoms with van der Waals surface area (Å²) in [5.74, 6) is -2.45. The lowest BCUT2D eigenvalue weighted by Crippen LogP contribution is -2.09. The van der Waals surface area contributed by atoms with E-state index in [9.17, 15) is 18.7 Å². The van der Waals surface area contributed by atoms with Gasteiger partial charge < -0.3 is 10.4 Å². The van der Waals surface area contributed by atoms with E-state index in [1.807, 2.05) is 0 Å². The highest BCUT2D eigenvalue weighted by atomic mass is 19.1. The summed E-state index contributed by atoms with van der Waals surface area (Å²) in [4.78, 5) is 15.4. The van der Waals surface area contributed by atoms with E-state index in [0.717, 1.165) is 12.1 Å². The summed E-state index contributed by atoms with van der Waals surface area (Å²) in [7, 11) is 0. The van der Waals surface area contributed by atoms with Gasteiger partial charge in [-0.2, -0.15) is 0 Å². The van der Waals surface area contributed by atoms with Crippen molar-refractivity contribution in [3.05, 3.63) is 52.2 Å². The fourth-order valence-electron chi connectivity index (χ4n) is 2.07. The molecular formula is C15H14F2N2O2. The third-order valence-corrected chi connectivity index (χ3v) is 3.06. The van der Waals surface area contributed by atoms with Crippen molar-refractivity contribution in [2.45, 2.75) is 20.8 Å². The van der Waals surface area contributed by atoms with Crippen LogP contribution in [0, 0.1) is 32.4 Å². The molecule has 0 spiro atoms. The van der Waals surface area contributed by atoms with Gasteiger partial charge in [-0.3, -0.25) is 0 Å². The maximum atomic E-state index is 13.8. The Kier molecular flexibility index (Phi) is 3.88. The maximum absolute atomic E-state index is 13.8. The van der Waals surface area contributed by atoms with Crippen LogP contribution in [0.3, 0.4) is 0 Å². The molecule has 0 aliphatic rings. The first-order valence-corrected chi connectivity index (χ1v) is 6.23. The first-order valence-electron chi connectivity index (χ1n) is 6.23. The standard InChI is InChI=1S/C15H14F2N2O2/c1-7-5-11(17)12(6-10(7)16)19-14-13(15(20)21)8(2)4-9(3)18-14/h4-6H,1-3H3,(H,18,19)(H,20,21). The van der Waals surface area contributed by atoms with E-state index in [4.69, 9.17) is 0 Å². The van der Waals surface area contributed by atoms with Crippen molar-refractivity contribution in [3.63, 3.8) is 0 Å². The van der Waals surface area contributed by atoms with Crippen LogP contribution in [0.25, 0.3) is 0 Å². The van der Waals surface area contributed by atoms with E-state index in [-0.39, 0.29) is 22.6 Å². The van der Waals surface area contributed by atoms with Crippen molar-refractivity contribution in [1.29, 1.82) is 0 Å². The number of carbonyl (C=O) groups is 1. The van der Waals surface area contributed by atoms with Crippen molar-refractivity contribution in [2.75, 3.05) is 5.32 Å². The fraction of sp³-hybridized carbons (Fsp3) is 0.200. The molecule has 1 aromatic heterocycles. The Balaban J connectivity index is 2.54. The third-order valence-electron chi connectivity index (χ3n) is 3.06. The lowest BCUT2D eigenvalue weighted by molar-refractivity contribution is 0.0697. The van der Waals surface area contributed by atoms with Gasteiger partial charge in [0.2, 0.25) is 0 Å². The van der Waals surface area contributed by atoms with E-state index < -0.39 is 17.6 Å². The molecule has 0 unspecified atom stereocenters. The molecule has 0 atom stereocenters. The largest absolute Gasteiger partial charge is 0.478 e. The molecule has 1 heterocycles. The van der Waals surface area contributed by atoms with Gasteiger partial charge in [0.15, 0.2) is 0 Å². The number of benzene rings is 1. The number of halogens is 2. The van der Waals surface area contributed by atoms with E-state index in [2.05, 4.69) is 10.3 Å². The minimum absolute atomic E-state index is 0.0119. The van der Waals surface area contributed by atoms with Gasteiger partial charge in [0.25, 0.3) is 0 Å². The van der Waals surface area contributed by atoms with E-state index in [1.165, 1.54) is 6.92 Å². The molecule has 0 saturated carbocycles. The first-order chi connectivity index (χ1) is 9.79. The molecule has 6 heteroatoms. The van der Waals surface area contributed by atoms with Crippen LogP contribution in [-0.2, 0) is 0 Å². The quantitative estimate of drug-likeness (QED) is 0.905. The summed E-state index contributed by atoms with van der Waals surface area (Å²) >= 11 is 0. The number of aromatic nitrogens is 1. The third kappa shape index (κ3) is 2.99. The average molecular weight is 292 g/mol. The molecule has 2 rings (SSSR count). The Hall–Kier alpha value is -2.50. The number of nitrogens with zero attached hydrogens (tertiary/aromatic N) is 1. The first kappa shape index (κ1) is 14.9. The Morgan fingerprint density at radius 1 is 1.10 bits per heavy atom. The maximum Gasteiger partial charge on any atom is 0.339 e. The monoisotopic (exact) mass is 292 g/mol. The van der Waals surface area contributed by atoms with Crippen LogP contribution < -0.4 is 5.32 Å². The molecule has 110 valence electrons. The summed E-state index contributed by atoms with van der Waals surface area (Å²) in [6.07, 6.45) is 0. The number of anilines is 2. The lowest BCUT2D eigenvalue weighted by Gasteiger charge is -2.13. The van der Waals surface area contributed by atoms with E-state index in [0.29, 0.717) is 11.3 Å². The predicted molar refractivity (Wildman–Crippen MR) is 75.0 cm³/mol. The fourth-order valence-corrected chi connectivity index (χ4v) is 2.07. The molecule has 4 nitrogen and oxygen atoms in total. The number of aryl methyl sites for hydroxylation is 3. The van der Waals surface area contributed by atoms with E-state index >= 15 is 0 Å². The minimum Gasteiger partial charge on any atom is -0.478 e. The molecule has 0 aliphatic heterocycles. The molecule has 0 fully saturated rings. The minimum atomic E-state index is -1.18. The molecule has 0 saturated heterocycles. The predicted octanol–water partition coefficient (Wildman–Crippen LogP) is 3.73. The second-order valence-corrected chi connectivity index (χ2v) is 4.82. The van der Waals surface area contributed by atoms with Crippen LogP contribution in [0.5, 0.6) is 0 Å². The average Bonchev–Trinajstić information content (AvgIpc) is 2.34. The van der Waals surface area contributed by atoms with Crippen molar-refractivity contribution in [1.82, 2.24) is 4.98 Å². The van der Waals surface area contributed by atoms with Crippen LogP contribution in [0.15, 0.2) is 18.2 Å². The highest BCUT2D eigenvalue weighted by Gasteiger charge is 2.17. The van der Waals surface area contributed by atoms with Crippen LogP contribution in [0.1, 0.15) is 27.2 Å². The molecule has 21 heavy (non-hydrogen) atoms. The van der Waals surface area contributed by atoms with Gasteiger partial charge in [0.05, 0.1) is 5.69 Å². The van der Waals surface area contributed by atoms with Gasteiger partial charge >= 0.3 is 5.97 Å².